The average molecular weight is 364 g/mol. The fourth-order valence-electron chi connectivity index (χ4n) is 2.03. The van der Waals surface area contributed by atoms with E-state index in [1.165, 1.54) is 24.7 Å². The SMILES string of the molecule is CNS(=O)(=O)c1cccc(C(=O)NCCSCc2ccccc2)c1. The second-order valence-electron chi connectivity index (χ2n) is 5.03. The molecule has 1 amide bonds. The highest BCUT2D eigenvalue weighted by molar-refractivity contribution is 7.98. The molecule has 0 saturated heterocycles. The van der Waals surface area contributed by atoms with Gasteiger partial charge in [0.15, 0.2) is 0 Å². The quantitative estimate of drug-likeness (QED) is 0.705. The minimum atomic E-state index is -3.55. The van der Waals surface area contributed by atoms with E-state index in [4.69, 9.17) is 0 Å². The van der Waals surface area contributed by atoms with E-state index in [1.807, 2.05) is 18.2 Å². The molecule has 0 spiro atoms. The van der Waals surface area contributed by atoms with E-state index in [2.05, 4.69) is 22.2 Å². The summed E-state index contributed by atoms with van der Waals surface area (Å²) in [6.45, 7) is 0.527. The first-order chi connectivity index (χ1) is 11.5. The van der Waals surface area contributed by atoms with Gasteiger partial charge >= 0.3 is 0 Å². The van der Waals surface area contributed by atoms with Crippen LogP contribution in [0.4, 0.5) is 0 Å². The topological polar surface area (TPSA) is 75.3 Å². The number of sulfonamides is 1. The number of carbonyl (C=O) groups excluding carboxylic acids is 1. The van der Waals surface area contributed by atoms with E-state index < -0.39 is 10.0 Å². The standard InChI is InChI=1S/C17H20N2O3S2/c1-18-24(21,22)16-9-5-8-15(12-16)17(20)19-10-11-23-13-14-6-3-2-4-7-14/h2-9,12,18H,10-11,13H2,1H3,(H,19,20). The Kier molecular flexibility index (Phi) is 6.84. The van der Waals surface area contributed by atoms with Crippen LogP contribution in [0, 0.1) is 0 Å². The number of carbonyl (C=O) groups is 1. The van der Waals surface area contributed by atoms with Gasteiger partial charge in [0.2, 0.25) is 10.0 Å². The Bertz CT molecular complexity index is 777. The predicted molar refractivity (Wildman–Crippen MR) is 97.6 cm³/mol. The smallest absolute Gasteiger partial charge is 0.251 e. The van der Waals surface area contributed by atoms with Crippen LogP contribution in [0.25, 0.3) is 0 Å². The highest BCUT2D eigenvalue weighted by atomic mass is 32.2. The molecule has 24 heavy (non-hydrogen) atoms. The van der Waals surface area contributed by atoms with Crippen LogP contribution < -0.4 is 10.0 Å². The van der Waals surface area contributed by atoms with E-state index in [0.717, 1.165) is 11.5 Å². The zero-order chi connectivity index (χ0) is 17.4. The lowest BCUT2D eigenvalue weighted by Crippen LogP contribution is -2.26. The van der Waals surface area contributed by atoms with Gasteiger partial charge in [0.05, 0.1) is 4.90 Å². The Hall–Kier alpha value is -1.83. The molecule has 128 valence electrons. The van der Waals surface area contributed by atoms with Gasteiger partial charge in [0, 0.05) is 23.6 Å². The van der Waals surface area contributed by atoms with E-state index in [0.29, 0.717) is 12.1 Å². The molecule has 0 bridgehead atoms. The molecule has 0 unspecified atom stereocenters. The first-order valence-electron chi connectivity index (χ1n) is 7.46. The van der Waals surface area contributed by atoms with Crippen LogP contribution in [-0.4, -0.2) is 33.7 Å². The third kappa shape index (κ3) is 5.36. The molecule has 7 heteroatoms. The lowest BCUT2D eigenvalue weighted by molar-refractivity contribution is 0.0956. The highest BCUT2D eigenvalue weighted by Crippen LogP contribution is 2.12. The van der Waals surface area contributed by atoms with Gasteiger partial charge in [-0.25, -0.2) is 13.1 Å². The molecule has 0 radical (unpaired) electrons. The van der Waals surface area contributed by atoms with E-state index in [-0.39, 0.29) is 10.8 Å². The van der Waals surface area contributed by atoms with Crippen molar-refractivity contribution in [3.8, 4) is 0 Å². The fraction of sp³-hybridized carbons (Fsp3) is 0.235. The average Bonchev–Trinajstić information content (AvgIpc) is 2.62. The van der Waals surface area contributed by atoms with Crippen molar-refractivity contribution in [2.24, 2.45) is 0 Å². The number of hydrogen-bond acceptors (Lipinski definition) is 4. The zero-order valence-electron chi connectivity index (χ0n) is 13.4. The minimum absolute atomic E-state index is 0.0797. The molecular weight excluding hydrogens is 344 g/mol. The zero-order valence-corrected chi connectivity index (χ0v) is 15.0. The second kappa shape index (κ2) is 8.86. The Morgan fingerprint density at radius 2 is 1.83 bits per heavy atom. The van der Waals surface area contributed by atoms with Crippen molar-refractivity contribution < 1.29 is 13.2 Å². The molecule has 0 saturated carbocycles. The first-order valence-corrected chi connectivity index (χ1v) is 10.1. The molecule has 0 aliphatic carbocycles. The fourth-order valence-corrected chi connectivity index (χ4v) is 3.62. The Balaban J connectivity index is 1.81. The monoisotopic (exact) mass is 364 g/mol. The third-order valence-corrected chi connectivity index (χ3v) is 5.76. The summed E-state index contributed by atoms with van der Waals surface area (Å²) >= 11 is 1.73. The summed E-state index contributed by atoms with van der Waals surface area (Å²) in [6, 6.07) is 16.1. The van der Waals surface area contributed by atoms with Gasteiger partial charge in [-0.15, -0.1) is 0 Å². The van der Waals surface area contributed by atoms with Crippen LogP contribution in [-0.2, 0) is 15.8 Å². The largest absolute Gasteiger partial charge is 0.351 e. The molecule has 2 N–H and O–H groups in total. The van der Waals surface area contributed by atoms with Gasteiger partial charge in [-0.05, 0) is 30.8 Å². The number of benzene rings is 2. The summed E-state index contributed by atoms with van der Waals surface area (Å²) in [5.41, 5.74) is 1.58. The van der Waals surface area contributed by atoms with Crippen molar-refractivity contribution in [3.63, 3.8) is 0 Å². The molecule has 2 rings (SSSR count). The number of rotatable bonds is 8. The number of thioether (sulfide) groups is 1. The summed E-state index contributed by atoms with van der Waals surface area (Å²) in [5, 5.41) is 2.81. The molecule has 0 aliphatic rings. The Labute approximate surface area is 146 Å². The highest BCUT2D eigenvalue weighted by Gasteiger charge is 2.13. The summed E-state index contributed by atoms with van der Waals surface area (Å²) < 4.78 is 25.8. The summed E-state index contributed by atoms with van der Waals surface area (Å²) in [5.74, 6) is 1.41. The lowest BCUT2D eigenvalue weighted by atomic mass is 10.2. The third-order valence-electron chi connectivity index (χ3n) is 3.32. The van der Waals surface area contributed by atoms with E-state index in [9.17, 15) is 13.2 Å². The van der Waals surface area contributed by atoms with Gasteiger partial charge < -0.3 is 5.32 Å². The van der Waals surface area contributed by atoms with Gasteiger partial charge in [-0.2, -0.15) is 11.8 Å². The van der Waals surface area contributed by atoms with Crippen molar-refractivity contribution in [2.75, 3.05) is 19.3 Å². The molecule has 0 heterocycles. The van der Waals surface area contributed by atoms with Gasteiger partial charge in [-0.3, -0.25) is 4.79 Å². The normalized spacial score (nSPS) is 11.2. The molecule has 0 aromatic heterocycles. The Morgan fingerprint density at radius 1 is 1.08 bits per heavy atom. The van der Waals surface area contributed by atoms with Crippen molar-refractivity contribution in [2.45, 2.75) is 10.6 Å². The second-order valence-corrected chi connectivity index (χ2v) is 8.02. The van der Waals surface area contributed by atoms with Crippen molar-refractivity contribution in [1.29, 1.82) is 0 Å². The maximum atomic E-state index is 12.1. The summed E-state index contributed by atoms with van der Waals surface area (Å²) in [6.07, 6.45) is 0. The molecule has 0 aliphatic heterocycles. The lowest BCUT2D eigenvalue weighted by Gasteiger charge is -2.07. The molecule has 2 aromatic rings. The van der Waals surface area contributed by atoms with Crippen molar-refractivity contribution in [3.05, 3.63) is 65.7 Å². The number of hydrogen-bond donors (Lipinski definition) is 2. The number of amides is 1. The van der Waals surface area contributed by atoms with E-state index >= 15 is 0 Å². The molecule has 0 fully saturated rings. The van der Waals surface area contributed by atoms with Crippen LogP contribution in [0.5, 0.6) is 0 Å². The van der Waals surface area contributed by atoms with Crippen molar-refractivity contribution in [1.82, 2.24) is 10.0 Å². The molecular formula is C17H20N2O3S2. The van der Waals surface area contributed by atoms with Crippen LogP contribution in [0.15, 0.2) is 59.5 Å². The Morgan fingerprint density at radius 3 is 2.54 bits per heavy atom. The van der Waals surface area contributed by atoms with Gasteiger partial charge in [0.25, 0.3) is 5.91 Å². The number of nitrogens with one attached hydrogen (secondary N) is 2. The van der Waals surface area contributed by atoms with Crippen LogP contribution in [0.1, 0.15) is 15.9 Å². The maximum Gasteiger partial charge on any atom is 0.251 e. The van der Waals surface area contributed by atoms with Crippen LogP contribution >= 0.6 is 11.8 Å². The molecule has 0 atom stereocenters. The van der Waals surface area contributed by atoms with E-state index in [1.54, 1.807) is 23.9 Å². The van der Waals surface area contributed by atoms with Crippen molar-refractivity contribution >= 4 is 27.7 Å². The van der Waals surface area contributed by atoms with Crippen LogP contribution in [0.2, 0.25) is 0 Å². The van der Waals surface area contributed by atoms with Gasteiger partial charge in [-0.1, -0.05) is 36.4 Å². The minimum Gasteiger partial charge on any atom is -0.351 e. The van der Waals surface area contributed by atoms with Crippen LogP contribution in [0.3, 0.4) is 0 Å². The predicted octanol–water partition coefficient (Wildman–Crippen LogP) is 2.26. The van der Waals surface area contributed by atoms with Gasteiger partial charge in [0.1, 0.15) is 0 Å². The maximum absolute atomic E-state index is 12.1. The molecule has 5 nitrogen and oxygen atoms in total. The molecule has 2 aromatic carbocycles. The summed E-state index contributed by atoms with van der Waals surface area (Å²) in [4.78, 5) is 12.2. The summed E-state index contributed by atoms with van der Waals surface area (Å²) in [7, 11) is -2.21. The first kappa shape index (κ1) is 18.5.